The summed E-state index contributed by atoms with van der Waals surface area (Å²) in [4.78, 5) is 17.4. The molecule has 1 aliphatic carbocycles. The van der Waals surface area contributed by atoms with Crippen molar-refractivity contribution in [3.8, 4) is 17.5 Å². The molecule has 1 saturated carbocycles. The summed E-state index contributed by atoms with van der Waals surface area (Å²) < 4.78 is 69.3. The zero-order valence-corrected chi connectivity index (χ0v) is 24.0. The predicted octanol–water partition coefficient (Wildman–Crippen LogP) is 4.24. The number of rotatable bonds is 8. The van der Waals surface area contributed by atoms with Crippen LogP contribution in [0.25, 0.3) is 5.69 Å². The second kappa shape index (κ2) is 11.4. The number of sulfone groups is 1. The zero-order valence-electron chi connectivity index (χ0n) is 23.2. The molecule has 3 rings (SSSR count). The molecule has 0 spiro atoms. The normalized spacial score (nSPS) is 20.1. The van der Waals surface area contributed by atoms with Crippen LogP contribution >= 0.6 is 0 Å². The average Bonchev–Trinajstić information content (AvgIpc) is 3.19. The summed E-state index contributed by atoms with van der Waals surface area (Å²) in [6.07, 6.45) is -2.38. The van der Waals surface area contributed by atoms with Gasteiger partial charge in [0.2, 0.25) is 0 Å². The number of nitriles is 1. The van der Waals surface area contributed by atoms with Crippen LogP contribution in [0.1, 0.15) is 80.9 Å². The molecule has 9 nitrogen and oxygen atoms in total. The van der Waals surface area contributed by atoms with E-state index in [0.717, 1.165) is 6.26 Å². The fraction of sp³-hybridized carbons (Fsp3) is 0.593. The van der Waals surface area contributed by atoms with Crippen molar-refractivity contribution in [3.63, 3.8) is 0 Å². The van der Waals surface area contributed by atoms with E-state index in [4.69, 9.17) is 0 Å². The van der Waals surface area contributed by atoms with Gasteiger partial charge in [0.05, 0.1) is 16.5 Å². The molecule has 1 amide bonds. The van der Waals surface area contributed by atoms with Crippen LogP contribution in [0.2, 0.25) is 0 Å². The van der Waals surface area contributed by atoms with Crippen molar-refractivity contribution >= 4 is 15.7 Å². The van der Waals surface area contributed by atoms with Gasteiger partial charge in [-0.1, -0.05) is 33.8 Å². The first-order valence-corrected chi connectivity index (χ1v) is 14.9. The Balaban J connectivity index is 1.95. The number of imidazole rings is 1. The topological polar surface area (TPSA) is 134 Å². The highest BCUT2D eigenvalue weighted by Crippen LogP contribution is 2.35. The molecular weight excluding hydrogens is 549 g/mol. The molecule has 1 aromatic heterocycles. The third-order valence-corrected chi connectivity index (χ3v) is 8.54. The lowest BCUT2D eigenvalue weighted by atomic mass is 9.84. The molecule has 0 saturated heterocycles. The number of aryl methyl sites for hydroxylation is 1. The second-order valence-corrected chi connectivity index (χ2v) is 13.9. The molecule has 1 fully saturated rings. The van der Waals surface area contributed by atoms with Gasteiger partial charge in [-0.3, -0.25) is 9.36 Å². The maximum atomic E-state index is 13.4. The number of aliphatic hydroxyl groups is 1. The van der Waals surface area contributed by atoms with Crippen LogP contribution in [0, 0.1) is 16.7 Å². The minimum atomic E-state index is -5.00. The fourth-order valence-electron chi connectivity index (χ4n) is 4.96. The average molecular weight is 585 g/mol. The van der Waals surface area contributed by atoms with Crippen LogP contribution in [0.15, 0.2) is 18.2 Å². The quantitative estimate of drug-likeness (QED) is 0.474. The molecule has 1 aliphatic rings. The van der Waals surface area contributed by atoms with E-state index in [1.807, 2.05) is 26.8 Å². The number of amides is 1. The number of alkyl halides is 3. The fourth-order valence-corrected chi connectivity index (χ4v) is 6.05. The zero-order chi connectivity index (χ0) is 30.1. The number of nitrogens with zero attached hydrogens (tertiary/aromatic N) is 3. The lowest BCUT2D eigenvalue weighted by Crippen LogP contribution is -2.47. The van der Waals surface area contributed by atoms with E-state index in [9.17, 15) is 36.8 Å². The van der Waals surface area contributed by atoms with Crippen molar-refractivity contribution in [2.75, 3.05) is 12.8 Å². The Kier molecular flexibility index (Phi) is 8.96. The summed E-state index contributed by atoms with van der Waals surface area (Å²) in [6.45, 7) is 7.32. The van der Waals surface area contributed by atoms with Gasteiger partial charge < -0.3 is 15.2 Å². The van der Waals surface area contributed by atoms with E-state index in [1.54, 1.807) is 13.0 Å². The van der Waals surface area contributed by atoms with Crippen LogP contribution in [-0.2, 0) is 22.7 Å². The summed E-state index contributed by atoms with van der Waals surface area (Å²) in [7, 11) is -3.25. The van der Waals surface area contributed by atoms with Crippen LogP contribution in [-0.4, -0.2) is 59.0 Å². The number of aromatic nitrogens is 2. The molecule has 0 atom stereocenters. The van der Waals surface area contributed by atoms with Gasteiger partial charge in [-0.25, -0.2) is 13.4 Å². The van der Waals surface area contributed by atoms with Crippen LogP contribution < -0.4 is 10.1 Å². The summed E-state index contributed by atoms with van der Waals surface area (Å²) in [5.74, 6) is -1.14. The van der Waals surface area contributed by atoms with E-state index in [0.29, 0.717) is 12.0 Å². The molecular formula is C27H35F3N4O5S. The van der Waals surface area contributed by atoms with Crippen molar-refractivity contribution in [2.24, 2.45) is 5.41 Å². The van der Waals surface area contributed by atoms with Crippen LogP contribution in [0.5, 0.6) is 5.75 Å². The number of hydrogen-bond acceptors (Lipinski definition) is 7. The van der Waals surface area contributed by atoms with Gasteiger partial charge in [-0.15, -0.1) is 13.2 Å². The highest BCUT2D eigenvalue weighted by molar-refractivity contribution is 7.91. The number of nitrogens with one attached hydrogen (secondary N) is 1. The second-order valence-electron chi connectivity index (χ2n) is 11.5. The summed E-state index contributed by atoms with van der Waals surface area (Å²) in [5, 5.41) is 22.9. The number of halogens is 3. The Morgan fingerprint density at radius 3 is 2.40 bits per heavy atom. The van der Waals surface area contributed by atoms with Gasteiger partial charge in [-0.05, 0) is 55.2 Å². The van der Waals surface area contributed by atoms with Gasteiger partial charge in [0.25, 0.3) is 5.91 Å². The molecule has 0 radical (unpaired) electrons. The standard InChI is InChI=1S/C27H35F3N4O5S/c1-6-22-33-23(24(35)32-16-26(36)11-9-18(10-12-26)40(5,37)38)20(15-31)34(22)19-8-7-17(14-25(2,3)4)13-21(19)39-27(28,29)30/h7-8,13,18,36H,6,9-12,14,16H2,1-5H3,(H,32,35). The third kappa shape index (κ3) is 7.75. The monoisotopic (exact) mass is 584 g/mol. The Morgan fingerprint density at radius 2 is 1.90 bits per heavy atom. The Labute approximate surface area is 232 Å². The largest absolute Gasteiger partial charge is 0.573 e. The van der Waals surface area contributed by atoms with Gasteiger partial charge in [0, 0.05) is 19.2 Å². The lowest BCUT2D eigenvalue weighted by molar-refractivity contribution is -0.274. The number of benzene rings is 1. The summed E-state index contributed by atoms with van der Waals surface area (Å²) >= 11 is 0. The molecule has 13 heteroatoms. The van der Waals surface area contributed by atoms with Gasteiger partial charge >= 0.3 is 6.36 Å². The SMILES string of the molecule is CCc1nc(C(=O)NCC2(O)CCC(S(C)(=O)=O)CC2)c(C#N)n1-c1ccc(CC(C)(C)C)cc1OC(F)(F)F. The van der Waals surface area contributed by atoms with E-state index in [-0.39, 0.29) is 67.0 Å². The number of ether oxygens (including phenoxy) is 1. The van der Waals surface area contributed by atoms with E-state index in [1.165, 1.54) is 16.7 Å². The summed E-state index contributed by atoms with van der Waals surface area (Å²) in [5.41, 5.74) is -1.62. The van der Waals surface area contributed by atoms with Crippen molar-refractivity contribution in [3.05, 3.63) is 41.0 Å². The minimum Gasteiger partial charge on any atom is -0.404 e. The van der Waals surface area contributed by atoms with Crippen LogP contribution in [0.4, 0.5) is 13.2 Å². The first kappa shape index (κ1) is 31.4. The maximum Gasteiger partial charge on any atom is 0.573 e. The van der Waals surface area contributed by atoms with E-state index < -0.39 is 38.7 Å². The number of carbonyl (C=O) groups excluding carboxylic acids is 1. The molecule has 0 unspecified atom stereocenters. The predicted molar refractivity (Wildman–Crippen MR) is 142 cm³/mol. The first-order chi connectivity index (χ1) is 18.4. The Morgan fingerprint density at radius 1 is 1.27 bits per heavy atom. The Bertz CT molecular complexity index is 1400. The molecule has 220 valence electrons. The first-order valence-electron chi connectivity index (χ1n) is 13.0. The van der Waals surface area contributed by atoms with Crippen molar-refractivity contribution in [2.45, 2.75) is 83.4 Å². The molecule has 0 aliphatic heterocycles. The smallest absolute Gasteiger partial charge is 0.404 e. The highest BCUT2D eigenvalue weighted by Gasteiger charge is 2.38. The van der Waals surface area contributed by atoms with Gasteiger partial charge in [0.1, 0.15) is 21.7 Å². The Hall–Kier alpha value is -3.11. The lowest BCUT2D eigenvalue weighted by Gasteiger charge is -2.35. The van der Waals surface area contributed by atoms with E-state index >= 15 is 0 Å². The maximum absolute atomic E-state index is 13.4. The van der Waals surface area contributed by atoms with Crippen molar-refractivity contribution in [1.29, 1.82) is 5.26 Å². The molecule has 40 heavy (non-hydrogen) atoms. The highest BCUT2D eigenvalue weighted by atomic mass is 32.2. The third-order valence-electron chi connectivity index (χ3n) is 6.86. The van der Waals surface area contributed by atoms with Crippen LogP contribution in [0.3, 0.4) is 0 Å². The molecule has 1 heterocycles. The van der Waals surface area contributed by atoms with Crippen molar-refractivity contribution < 1.29 is 36.2 Å². The number of hydrogen-bond donors (Lipinski definition) is 2. The summed E-state index contributed by atoms with van der Waals surface area (Å²) in [6, 6.07) is 6.22. The molecule has 2 N–H and O–H groups in total. The van der Waals surface area contributed by atoms with Crippen molar-refractivity contribution in [1.82, 2.24) is 14.9 Å². The molecule has 1 aromatic carbocycles. The van der Waals surface area contributed by atoms with Gasteiger partial charge in [0.15, 0.2) is 17.1 Å². The van der Waals surface area contributed by atoms with E-state index in [2.05, 4.69) is 15.0 Å². The number of carbonyl (C=O) groups is 1. The minimum absolute atomic E-state index is 0.0901. The molecule has 2 aromatic rings. The van der Waals surface area contributed by atoms with Gasteiger partial charge in [-0.2, -0.15) is 5.26 Å². The molecule has 0 bridgehead atoms.